The van der Waals surface area contributed by atoms with Crippen molar-refractivity contribution in [1.29, 1.82) is 0 Å². The Morgan fingerprint density at radius 1 is 0.979 bits per heavy atom. The van der Waals surface area contributed by atoms with E-state index in [1.165, 1.54) is 54.1 Å². The van der Waals surface area contributed by atoms with Crippen LogP contribution in [0.2, 0.25) is 0 Å². The zero-order chi connectivity index (χ0) is 33.8. The molecule has 0 atom stereocenters. The molecule has 0 fully saturated rings. The number of aliphatic hydroxyl groups excluding tert-OH is 1. The second-order valence-corrected chi connectivity index (χ2v) is 15.5. The summed E-state index contributed by atoms with van der Waals surface area (Å²) in [5.74, 6) is 0.989. The Kier molecular flexibility index (Phi) is 13.5. The van der Waals surface area contributed by atoms with Gasteiger partial charge in [0.25, 0.3) is 0 Å². The van der Waals surface area contributed by atoms with E-state index in [0.717, 1.165) is 44.2 Å². The Morgan fingerprint density at radius 3 is 2.19 bits per heavy atom. The number of ketones is 1. The minimum atomic E-state index is -0.278. The third-order valence-electron chi connectivity index (χ3n) is 9.92. The number of fused-ring (bicyclic) bond motifs is 3. The van der Waals surface area contributed by atoms with E-state index >= 15 is 0 Å². The standard InChI is InChI=1S/C27H26NS.C15H28O2.Ir/c1-16(2)19-12-18-10-11-28-25-21-13-17-8-6-7-9-20(17)22(15-27(3,4)5)26(21)29-23(14-19)24(18)25;1-6-12(7-2)13(16)11-14(17)15(8-3,9-4)10-5;/h6-12,14,16H,15H2,1-5H3;11-12,16H,6-10H2,1-5H3;/q-1;;/b;13-11-;. The number of carbonyl (C=O) groups excluding carboxylic acids is 1. The smallest absolute Gasteiger partial charge is 0.165 e. The average Bonchev–Trinajstić information content (AvgIpc) is 3.03. The Labute approximate surface area is 301 Å². The summed E-state index contributed by atoms with van der Waals surface area (Å²) in [6.45, 7) is 21.7. The first-order chi connectivity index (χ1) is 21.8. The fraction of sp³-hybridized carbons (Fsp3) is 0.476. The number of hydrogen-bond donors (Lipinski definition) is 1. The van der Waals surface area contributed by atoms with Gasteiger partial charge in [0.15, 0.2) is 5.78 Å². The summed E-state index contributed by atoms with van der Waals surface area (Å²) in [6.07, 6.45) is 8.74. The summed E-state index contributed by atoms with van der Waals surface area (Å²) in [5, 5.41) is 15.0. The number of allylic oxidation sites excluding steroid dienone is 2. The zero-order valence-corrected chi connectivity index (χ0v) is 33.3. The van der Waals surface area contributed by atoms with Crippen molar-refractivity contribution in [2.75, 3.05) is 0 Å². The summed E-state index contributed by atoms with van der Waals surface area (Å²) in [4.78, 5) is 19.8. The van der Waals surface area contributed by atoms with Crippen LogP contribution in [0.15, 0.2) is 70.3 Å². The van der Waals surface area contributed by atoms with Crippen molar-refractivity contribution >= 4 is 39.1 Å². The molecule has 1 N–H and O–H groups in total. The summed E-state index contributed by atoms with van der Waals surface area (Å²) in [6, 6.07) is 19.3. The number of hydrogen-bond acceptors (Lipinski definition) is 4. The monoisotopic (exact) mass is 829 g/mol. The molecule has 0 bridgehead atoms. The number of pyridine rings is 1. The summed E-state index contributed by atoms with van der Waals surface area (Å²) < 4.78 is 0. The molecule has 255 valence electrons. The Bertz CT molecular complexity index is 1720. The van der Waals surface area contributed by atoms with Crippen LogP contribution in [0.1, 0.15) is 118 Å². The van der Waals surface area contributed by atoms with Crippen molar-refractivity contribution in [3.63, 3.8) is 0 Å². The van der Waals surface area contributed by atoms with Gasteiger partial charge in [-0.05, 0) is 83.2 Å². The van der Waals surface area contributed by atoms with E-state index in [-0.39, 0.29) is 48.4 Å². The molecule has 3 aromatic carbocycles. The number of rotatable bonds is 10. The maximum absolute atomic E-state index is 12.3. The minimum Gasteiger partial charge on any atom is -0.512 e. The fourth-order valence-electron chi connectivity index (χ4n) is 6.70. The zero-order valence-electron chi connectivity index (χ0n) is 30.1. The third-order valence-corrected chi connectivity index (χ3v) is 11.1. The van der Waals surface area contributed by atoms with Crippen LogP contribution < -0.4 is 0 Å². The van der Waals surface area contributed by atoms with Gasteiger partial charge in [-0.1, -0.05) is 110 Å². The SMILES string of the molecule is CC(C)c1cc2c3c(nccc3c1)-c1[c-]c3ccccc3c(CC(C)(C)C)c1S2.CCC(CC)/C(O)=C/C(=O)C(CC)(CC)CC.[Ir]. The molecule has 2 heterocycles. The van der Waals surface area contributed by atoms with Gasteiger partial charge in [0.05, 0.1) is 5.76 Å². The normalized spacial score (nSPS) is 13.0. The molecule has 1 radical (unpaired) electrons. The molecule has 4 aromatic rings. The molecule has 1 aliphatic heterocycles. The molecule has 0 spiro atoms. The van der Waals surface area contributed by atoms with Crippen LogP contribution >= 0.6 is 11.8 Å². The predicted molar refractivity (Wildman–Crippen MR) is 198 cm³/mol. The van der Waals surface area contributed by atoms with Crippen LogP contribution in [0, 0.1) is 22.8 Å². The largest absolute Gasteiger partial charge is 0.512 e. The van der Waals surface area contributed by atoms with Crippen LogP contribution in [-0.2, 0) is 31.3 Å². The molecule has 5 rings (SSSR count). The van der Waals surface area contributed by atoms with Crippen molar-refractivity contribution in [2.45, 2.75) is 123 Å². The van der Waals surface area contributed by atoms with Crippen LogP contribution in [0.4, 0.5) is 0 Å². The van der Waals surface area contributed by atoms with E-state index in [4.69, 9.17) is 4.98 Å². The molecule has 0 saturated carbocycles. The molecule has 0 saturated heterocycles. The van der Waals surface area contributed by atoms with Gasteiger partial charge in [0, 0.05) is 54.3 Å². The summed E-state index contributed by atoms with van der Waals surface area (Å²) >= 11 is 1.92. The maximum Gasteiger partial charge on any atom is 0.165 e. The van der Waals surface area contributed by atoms with E-state index in [2.05, 4.69) is 83.1 Å². The fourth-order valence-corrected chi connectivity index (χ4v) is 7.99. The molecule has 1 aliphatic rings. The Hall–Kier alpha value is -2.46. The number of aliphatic hydroxyl groups is 1. The number of benzene rings is 3. The second-order valence-electron chi connectivity index (χ2n) is 14.4. The average molecular weight is 829 g/mol. The van der Waals surface area contributed by atoms with Crippen molar-refractivity contribution in [3.8, 4) is 11.3 Å². The number of aromatic nitrogens is 1. The van der Waals surface area contributed by atoms with E-state index in [0.29, 0.717) is 5.92 Å². The van der Waals surface area contributed by atoms with Gasteiger partial charge >= 0.3 is 0 Å². The first kappa shape index (κ1) is 39.0. The molecule has 0 aliphatic carbocycles. The van der Waals surface area contributed by atoms with Gasteiger partial charge < -0.3 is 5.11 Å². The van der Waals surface area contributed by atoms with E-state index in [1.807, 2.05) is 52.6 Å². The number of carbonyl (C=O) groups is 1. The van der Waals surface area contributed by atoms with Crippen LogP contribution in [-0.4, -0.2) is 15.9 Å². The van der Waals surface area contributed by atoms with Crippen molar-refractivity contribution in [3.05, 3.63) is 77.7 Å². The minimum absolute atomic E-state index is 0. The number of nitrogens with zero attached hydrogens (tertiary/aromatic N) is 1. The van der Waals surface area contributed by atoms with Crippen molar-refractivity contribution in [2.24, 2.45) is 16.7 Å². The molecule has 3 nitrogen and oxygen atoms in total. The molecular weight excluding hydrogens is 775 g/mol. The van der Waals surface area contributed by atoms with E-state index in [9.17, 15) is 9.90 Å². The van der Waals surface area contributed by atoms with E-state index < -0.39 is 0 Å². The van der Waals surface area contributed by atoms with E-state index in [1.54, 1.807) is 0 Å². The van der Waals surface area contributed by atoms with Crippen molar-refractivity contribution in [1.82, 2.24) is 4.98 Å². The second kappa shape index (κ2) is 16.3. The Morgan fingerprint density at radius 2 is 1.62 bits per heavy atom. The summed E-state index contributed by atoms with van der Waals surface area (Å²) in [5.41, 5.74) is 5.01. The Balaban J connectivity index is 0.000000290. The third kappa shape index (κ3) is 8.41. The van der Waals surface area contributed by atoms with Gasteiger partial charge in [-0.15, -0.1) is 29.3 Å². The molecule has 0 amide bonds. The molecule has 0 unspecified atom stereocenters. The first-order valence-electron chi connectivity index (χ1n) is 17.4. The molecule has 1 aromatic heterocycles. The van der Waals surface area contributed by atoms with Crippen LogP contribution in [0.25, 0.3) is 32.8 Å². The van der Waals surface area contributed by atoms with Crippen LogP contribution in [0.5, 0.6) is 0 Å². The molecular formula is C42H54IrNO2S-. The van der Waals surface area contributed by atoms with Gasteiger partial charge in [-0.2, -0.15) is 0 Å². The first-order valence-corrected chi connectivity index (χ1v) is 18.2. The quantitative estimate of drug-likeness (QED) is 0.0865. The van der Waals surface area contributed by atoms with Gasteiger partial charge in [-0.25, -0.2) is 0 Å². The van der Waals surface area contributed by atoms with Gasteiger partial charge in [0.2, 0.25) is 0 Å². The van der Waals surface area contributed by atoms with Gasteiger partial charge in [0.1, 0.15) is 0 Å². The van der Waals surface area contributed by atoms with Crippen LogP contribution in [0.3, 0.4) is 0 Å². The van der Waals surface area contributed by atoms with Gasteiger partial charge in [-0.3, -0.25) is 9.78 Å². The molecule has 5 heteroatoms. The predicted octanol–water partition coefficient (Wildman–Crippen LogP) is 12.7. The summed E-state index contributed by atoms with van der Waals surface area (Å²) in [7, 11) is 0. The molecule has 47 heavy (non-hydrogen) atoms. The topological polar surface area (TPSA) is 50.2 Å². The van der Waals surface area contributed by atoms with Crippen molar-refractivity contribution < 1.29 is 30.0 Å². The maximum atomic E-state index is 12.3.